The van der Waals surface area contributed by atoms with Gasteiger partial charge in [0.2, 0.25) is 5.90 Å². The Kier molecular flexibility index (Phi) is 6.81. The molecule has 1 aliphatic rings. The number of nitrogens with two attached hydrogens (primary N) is 2. The van der Waals surface area contributed by atoms with Crippen LogP contribution in [0, 0.1) is 6.92 Å². The van der Waals surface area contributed by atoms with Crippen LogP contribution in [0.3, 0.4) is 0 Å². The number of aryl methyl sites for hydroxylation is 2. The quantitative estimate of drug-likeness (QED) is 0.260. The first kappa shape index (κ1) is 21.5. The predicted octanol–water partition coefficient (Wildman–Crippen LogP) is 3.28. The number of hydrogen-bond acceptors (Lipinski definition) is 6. The fraction of sp³-hybridized carbons (Fsp3) is 0.318. The van der Waals surface area contributed by atoms with E-state index in [1.165, 1.54) is 12.6 Å². The van der Waals surface area contributed by atoms with Gasteiger partial charge in [-0.3, -0.25) is 5.01 Å². The summed E-state index contributed by atoms with van der Waals surface area (Å²) in [5.74, 6) is 12.0. The maximum Gasteiger partial charge on any atom is 0.352 e. The highest BCUT2D eigenvalue weighted by Crippen LogP contribution is 2.24. The van der Waals surface area contributed by atoms with Crippen LogP contribution in [0.2, 0.25) is 0 Å². The van der Waals surface area contributed by atoms with Crippen molar-refractivity contribution in [3.8, 4) is 0 Å². The molecule has 158 valence electrons. The van der Waals surface area contributed by atoms with Crippen LogP contribution in [-0.4, -0.2) is 29.7 Å². The lowest BCUT2D eigenvalue weighted by atomic mass is 10.1. The number of anilines is 1. The van der Waals surface area contributed by atoms with E-state index in [2.05, 4.69) is 22.3 Å². The molecule has 0 aliphatic heterocycles. The molecule has 2 aromatic rings. The van der Waals surface area contributed by atoms with E-state index in [4.69, 9.17) is 16.4 Å². The van der Waals surface area contributed by atoms with Gasteiger partial charge in [-0.2, -0.15) is 5.10 Å². The molecule has 0 atom stereocenters. The zero-order chi connectivity index (χ0) is 21.7. The number of hydrazine groups is 2. The zero-order valence-electron chi connectivity index (χ0n) is 17.6. The summed E-state index contributed by atoms with van der Waals surface area (Å²) in [5.41, 5.74) is 5.69. The van der Waals surface area contributed by atoms with Crippen LogP contribution >= 0.6 is 0 Å². The fourth-order valence-corrected chi connectivity index (χ4v) is 3.36. The Labute approximate surface area is 176 Å². The van der Waals surface area contributed by atoms with E-state index in [1.807, 2.05) is 38.1 Å². The summed E-state index contributed by atoms with van der Waals surface area (Å²) in [6.07, 6.45) is 2.45. The van der Waals surface area contributed by atoms with Crippen LogP contribution < -0.4 is 16.7 Å². The normalized spacial score (nSPS) is 14.6. The maximum absolute atomic E-state index is 12.2. The number of fused-ring (bicyclic) bond motifs is 1. The Balaban J connectivity index is 1.78. The first-order chi connectivity index (χ1) is 14.4. The van der Waals surface area contributed by atoms with Crippen LogP contribution in [0.1, 0.15) is 42.0 Å². The van der Waals surface area contributed by atoms with Crippen LogP contribution in [0.25, 0.3) is 0 Å². The Morgan fingerprint density at radius 3 is 2.63 bits per heavy atom. The first-order valence-electron chi connectivity index (χ1n) is 9.92. The Morgan fingerprint density at radius 2 is 1.90 bits per heavy atom. The van der Waals surface area contributed by atoms with E-state index in [-0.39, 0.29) is 6.61 Å². The monoisotopic (exact) mass is 408 g/mol. The van der Waals surface area contributed by atoms with Gasteiger partial charge in [0.15, 0.2) is 0 Å². The molecule has 8 heteroatoms. The minimum absolute atomic E-state index is 0.214. The molecular formula is C22H28N6O2. The van der Waals surface area contributed by atoms with Crippen molar-refractivity contribution in [3.05, 3.63) is 64.7 Å². The number of ether oxygens (including phenoxy) is 1. The maximum atomic E-state index is 12.2. The highest BCUT2D eigenvalue weighted by molar-refractivity contribution is 6.04. The molecule has 0 bridgehead atoms. The van der Waals surface area contributed by atoms with E-state index in [1.54, 1.807) is 6.07 Å². The summed E-state index contributed by atoms with van der Waals surface area (Å²) < 4.78 is 5.94. The van der Waals surface area contributed by atoms with Crippen LogP contribution in [-0.2, 0) is 17.8 Å². The molecular weight excluding hydrogens is 380 g/mol. The fourth-order valence-electron chi connectivity index (χ4n) is 3.36. The van der Waals surface area contributed by atoms with Gasteiger partial charge in [-0.25, -0.2) is 21.5 Å². The summed E-state index contributed by atoms with van der Waals surface area (Å²) in [7, 11) is 1.44. The van der Waals surface area contributed by atoms with Crippen molar-refractivity contribution >= 4 is 23.3 Å². The van der Waals surface area contributed by atoms with Crippen LogP contribution in [0.15, 0.2) is 52.7 Å². The molecule has 1 aliphatic carbocycles. The Morgan fingerprint density at radius 1 is 1.13 bits per heavy atom. The van der Waals surface area contributed by atoms with Gasteiger partial charge in [-0.1, -0.05) is 43.3 Å². The minimum Gasteiger partial charge on any atom is -0.475 e. The SMILES string of the molecule is CCC(=NN=C1CCc2ccccc21)OCc1c(C)cccc1N(N)C(=O)N(C)N. The number of rotatable bonds is 5. The van der Waals surface area contributed by atoms with Crippen molar-refractivity contribution in [1.29, 1.82) is 0 Å². The van der Waals surface area contributed by atoms with E-state index < -0.39 is 6.03 Å². The molecule has 0 saturated carbocycles. The predicted molar refractivity (Wildman–Crippen MR) is 119 cm³/mol. The molecule has 3 rings (SSSR count). The van der Waals surface area contributed by atoms with Gasteiger partial charge in [0, 0.05) is 24.6 Å². The van der Waals surface area contributed by atoms with Gasteiger partial charge in [0.25, 0.3) is 0 Å². The average molecular weight is 409 g/mol. The lowest BCUT2D eigenvalue weighted by Crippen LogP contribution is -2.49. The lowest BCUT2D eigenvalue weighted by Gasteiger charge is -2.24. The van der Waals surface area contributed by atoms with Gasteiger partial charge in [-0.05, 0) is 37.0 Å². The number of nitrogens with zero attached hydrogens (tertiary/aromatic N) is 4. The number of hydrogen-bond donors (Lipinski definition) is 2. The molecule has 0 spiro atoms. The molecule has 0 aromatic heterocycles. The van der Waals surface area contributed by atoms with Gasteiger partial charge < -0.3 is 4.74 Å². The topological polar surface area (TPSA) is 110 Å². The van der Waals surface area contributed by atoms with Crippen molar-refractivity contribution < 1.29 is 9.53 Å². The van der Waals surface area contributed by atoms with E-state index >= 15 is 0 Å². The number of urea groups is 1. The summed E-state index contributed by atoms with van der Waals surface area (Å²) in [6.45, 7) is 4.11. The second-order valence-corrected chi connectivity index (χ2v) is 7.18. The van der Waals surface area contributed by atoms with Crippen molar-refractivity contribution in [2.75, 3.05) is 12.1 Å². The third-order valence-electron chi connectivity index (χ3n) is 5.08. The standard InChI is InChI=1S/C22H28N6O2/c1-4-21(26-25-19-13-12-16-9-5-6-10-17(16)19)30-14-18-15(2)8-7-11-20(18)28(24)22(29)27(3)23/h5-11H,4,12-14,23-24H2,1-3H3. The molecule has 8 nitrogen and oxygen atoms in total. The Hall–Kier alpha value is -3.23. The third kappa shape index (κ3) is 4.67. The summed E-state index contributed by atoms with van der Waals surface area (Å²) in [6, 6.07) is 13.2. The van der Waals surface area contributed by atoms with Crippen molar-refractivity contribution in [1.82, 2.24) is 5.01 Å². The lowest BCUT2D eigenvalue weighted by molar-refractivity contribution is 0.216. The van der Waals surface area contributed by atoms with Crippen LogP contribution in [0.4, 0.5) is 10.5 Å². The molecule has 30 heavy (non-hydrogen) atoms. The van der Waals surface area contributed by atoms with Gasteiger partial charge in [0.1, 0.15) is 6.61 Å². The molecule has 0 radical (unpaired) electrons. The Bertz CT molecular complexity index is 983. The average Bonchev–Trinajstić information content (AvgIpc) is 3.16. The second-order valence-electron chi connectivity index (χ2n) is 7.18. The van der Waals surface area contributed by atoms with Gasteiger partial charge in [0.05, 0.1) is 11.4 Å². The molecule has 2 aromatic carbocycles. The first-order valence-corrected chi connectivity index (χ1v) is 9.92. The zero-order valence-corrected chi connectivity index (χ0v) is 17.6. The van der Waals surface area contributed by atoms with Gasteiger partial charge >= 0.3 is 6.03 Å². The summed E-state index contributed by atoms with van der Waals surface area (Å²) in [5, 5.41) is 10.7. The minimum atomic E-state index is -0.530. The number of amides is 2. The van der Waals surface area contributed by atoms with Crippen molar-refractivity contribution in [2.24, 2.45) is 21.9 Å². The van der Waals surface area contributed by atoms with E-state index in [9.17, 15) is 4.79 Å². The number of carbonyl (C=O) groups excluding carboxylic acids is 1. The van der Waals surface area contributed by atoms with Crippen molar-refractivity contribution in [2.45, 2.75) is 39.7 Å². The summed E-state index contributed by atoms with van der Waals surface area (Å²) >= 11 is 0. The highest BCUT2D eigenvalue weighted by Gasteiger charge is 2.20. The molecule has 2 amide bonds. The molecule has 0 fully saturated rings. The molecule has 0 saturated heterocycles. The largest absolute Gasteiger partial charge is 0.475 e. The van der Waals surface area contributed by atoms with Crippen LogP contribution in [0.5, 0.6) is 0 Å². The molecule has 0 heterocycles. The van der Waals surface area contributed by atoms with E-state index in [0.717, 1.165) is 45.3 Å². The molecule has 0 unspecified atom stereocenters. The molecule has 4 N–H and O–H groups in total. The highest BCUT2D eigenvalue weighted by atomic mass is 16.5. The second kappa shape index (κ2) is 9.51. The summed E-state index contributed by atoms with van der Waals surface area (Å²) in [4.78, 5) is 12.2. The number of carbonyl (C=O) groups is 1. The smallest absolute Gasteiger partial charge is 0.352 e. The van der Waals surface area contributed by atoms with Gasteiger partial charge in [-0.15, -0.1) is 5.10 Å². The third-order valence-corrected chi connectivity index (χ3v) is 5.08. The number of benzene rings is 2. The van der Waals surface area contributed by atoms with Crippen molar-refractivity contribution in [3.63, 3.8) is 0 Å². The van der Waals surface area contributed by atoms with E-state index in [0.29, 0.717) is 18.0 Å².